The molecule has 0 aliphatic carbocycles. The average molecular weight is 779 g/mol. The quantitative estimate of drug-likeness (QED) is 0.290. The molecule has 40 heavy (non-hydrogen) atoms. The molecule has 0 saturated carbocycles. The molecule has 0 amide bonds. The van der Waals surface area contributed by atoms with E-state index in [1.54, 1.807) is 0 Å². The smallest absolute Gasteiger partial charge is 0.0660 e. The van der Waals surface area contributed by atoms with Gasteiger partial charge in [-0.3, -0.25) is 0 Å². The molecule has 6 aliphatic heterocycles. The van der Waals surface area contributed by atoms with Crippen molar-refractivity contribution in [2.45, 2.75) is 0 Å². The topological polar surface area (TPSA) is 0 Å². The monoisotopic (exact) mass is 778 g/mol. The average Bonchev–Trinajstić information content (AvgIpc) is 3.79. The molecule has 0 spiro atoms. The Labute approximate surface area is 294 Å². The lowest BCUT2D eigenvalue weighted by Gasteiger charge is -2.08. The molecule has 0 aromatic carbocycles. The highest BCUT2D eigenvalue weighted by molar-refractivity contribution is 8.43. The molecule has 6 aliphatic rings. The molecular weight excluding hydrogens is 761 g/mol. The summed E-state index contributed by atoms with van der Waals surface area (Å²) < 4.78 is 13.4. The number of thioether (sulfide) groups is 12. The van der Waals surface area contributed by atoms with E-state index in [-0.39, 0.29) is 0 Å². The van der Waals surface area contributed by atoms with Gasteiger partial charge in [0.1, 0.15) is 0 Å². The second-order valence-corrected chi connectivity index (χ2v) is 25.9. The zero-order valence-corrected chi connectivity index (χ0v) is 31.9. The third-order valence-electron chi connectivity index (χ3n) is 5.76. The van der Waals surface area contributed by atoms with E-state index in [1.165, 1.54) is 97.7 Å². The summed E-state index contributed by atoms with van der Waals surface area (Å²) in [6.45, 7) is 0. The van der Waals surface area contributed by atoms with Crippen molar-refractivity contribution in [3.8, 4) is 0 Å². The number of thiophene rings is 2. The highest BCUT2D eigenvalue weighted by atomic mass is 32.3. The molecule has 0 atom stereocenters. The Morgan fingerprint density at radius 1 is 0.450 bits per heavy atom. The molecule has 2 aromatic heterocycles. The van der Waals surface area contributed by atoms with Crippen LogP contribution in [0, 0.1) is 0 Å². The molecule has 0 saturated heterocycles. The predicted octanol–water partition coefficient (Wildman–Crippen LogP) is 13.4. The molecule has 8 heterocycles. The first-order valence-corrected chi connectivity index (χ1v) is 24.6. The van der Waals surface area contributed by atoms with Crippen LogP contribution >= 0.6 is 164 Å². The first-order chi connectivity index (χ1) is 19.7. The van der Waals surface area contributed by atoms with Gasteiger partial charge in [0.25, 0.3) is 0 Å². The fraction of sp³-hybridized carbons (Fsp3) is 0.231. The minimum absolute atomic E-state index is 1.22. The van der Waals surface area contributed by atoms with E-state index in [0.29, 0.717) is 0 Å². The Hall–Kier alpha value is 2.04. The van der Waals surface area contributed by atoms with Gasteiger partial charge in [-0.05, 0) is 36.4 Å². The van der Waals surface area contributed by atoms with Crippen LogP contribution in [0.2, 0.25) is 0 Å². The van der Waals surface area contributed by atoms with E-state index in [4.69, 9.17) is 0 Å². The normalized spacial score (nSPS) is 22.8. The zero-order chi connectivity index (χ0) is 26.5. The highest BCUT2D eigenvalue weighted by Gasteiger charge is 2.30. The Morgan fingerprint density at radius 2 is 0.800 bits per heavy atom. The maximum absolute atomic E-state index is 2.42. The summed E-state index contributed by atoms with van der Waals surface area (Å²) in [5.74, 6) is 7.40. The fourth-order valence-corrected chi connectivity index (χ4v) is 24.6. The van der Waals surface area contributed by atoms with Crippen molar-refractivity contribution >= 4 is 182 Å². The van der Waals surface area contributed by atoms with Crippen LogP contribution in [0.25, 0.3) is 17.7 Å². The second-order valence-electron chi connectivity index (χ2n) is 8.42. The minimum atomic E-state index is 1.22. The van der Waals surface area contributed by atoms with Crippen molar-refractivity contribution in [3.05, 3.63) is 81.9 Å². The maximum Gasteiger partial charge on any atom is 0.0660 e. The van der Waals surface area contributed by atoms with Gasteiger partial charge in [0.15, 0.2) is 0 Å². The standard InChI is InChI=1S/C26H18S14/c1-3-15(33-13(1)11-17-35-21-22(36-17)28-6-5-27-21)19(20-39-25-26(40-20)32-10-9-31-25)16-4-2-14(34-16)12-18-37-23-24(38-18)30-8-7-29-23/h1-4,11-12H,5-10H2. The molecule has 0 unspecified atom stereocenters. The molecule has 0 fully saturated rings. The van der Waals surface area contributed by atoms with Crippen molar-refractivity contribution < 1.29 is 0 Å². The first-order valence-electron chi connectivity index (χ1n) is 12.2. The number of rotatable bonds is 4. The van der Waals surface area contributed by atoms with E-state index in [2.05, 4.69) is 36.4 Å². The largest absolute Gasteiger partial charge is 0.136 e. The zero-order valence-electron chi connectivity index (χ0n) is 20.4. The molecule has 0 radical (unpaired) electrons. The van der Waals surface area contributed by atoms with Gasteiger partial charge in [0, 0.05) is 59.6 Å². The van der Waals surface area contributed by atoms with Gasteiger partial charge in [0.05, 0.1) is 38.1 Å². The van der Waals surface area contributed by atoms with Gasteiger partial charge < -0.3 is 0 Å². The number of hydrogen-bond donors (Lipinski definition) is 0. The van der Waals surface area contributed by atoms with Crippen LogP contribution in [0.5, 0.6) is 0 Å². The van der Waals surface area contributed by atoms with E-state index in [1.807, 2.05) is 164 Å². The fourth-order valence-electron chi connectivity index (χ4n) is 4.09. The van der Waals surface area contributed by atoms with Gasteiger partial charge in [-0.1, -0.05) is 70.6 Å². The van der Waals surface area contributed by atoms with Crippen LogP contribution in [0.1, 0.15) is 19.5 Å². The molecular formula is C26H18S14. The predicted molar refractivity (Wildman–Crippen MR) is 212 cm³/mol. The van der Waals surface area contributed by atoms with Crippen LogP contribution in [0.15, 0.2) is 62.4 Å². The van der Waals surface area contributed by atoms with Crippen LogP contribution in [0.4, 0.5) is 0 Å². The summed E-state index contributed by atoms with van der Waals surface area (Å²) in [7, 11) is 0. The highest BCUT2D eigenvalue weighted by Crippen LogP contribution is 2.63. The Balaban J connectivity index is 1.09. The van der Waals surface area contributed by atoms with E-state index < -0.39 is 0 Å². The number of hydrogen-bond acceptors (Lipinski definition) is 14. The molecule has 0 nitrogen and oxygen atoms in total. The van der Waals surface area contributed by atoms with E-state index in [9.17, 15) is 0 Å². The SMILES string of the molecule is C(=C1SC2=C(SCCS2)S1)c1ccc(C(=C2SC3=C(SCCS3)S2)c2ccc(C=C3SC4=C(SCCS4)S3)s2)s1. The summed E-state index contributed by atoms with van der Waals surface area (Å²) in [5.41, 5.74) is 1.43. The van der Waals surface area contributed by atoms with Crippen LogP contribution in [-0.2, 0) is 0 Å². The van der Waals surface area contributed by atoms with E-state index in [0.717, 1.165) is 0 Å². The summed E-state index contributed by atoms with van der Waals surface area (Å²) in [5, 5.41) is 0. The molecule has 2 aromatic rings. The van der Waals surface area contributed by atoms with Crippen LogP contribution in [-0.4, -0.2) is 34.5 Å². The molecule has 206 valence electrons. The summed E-state index contributed by atoms with van der Waals surface area (Å²) in [4.78, 5) is 5.50. The van der Waals surface area contributed by atoms with Crippen molar-refractivity contribution in [2.75, 3.05) is 34.5 Å². The molecule has 0 bridgehead atoms. The molecule has 8 rings (SSSR count). The van der Waals surface area contributed by atoms with Crippen molar-refractivity contribution in [1.29, 1.82) is 0 Å². The van der Waals surface area contributed by atoms with Gasteiger partial charge in [-0.2, -0.15) is 0 Å². The molecule has 0 N–H and O–H groups in total. The summed E-state index contributed by atoms with van der Waals surface area (Å²) in [6.07, 6.45) is 4.83. The van der Waals surface area contributed by atoms with Crippen LogP contribution in [0.3, 0.4) is 0 Å². The van der Waals surface area contributed by atoms with Gasteiger partial charge in [-0.15, -0.1) is 93.2 Å². The van der Waals surface area contributed by atoms with Crippen molar-refractivity contribution in [1.82, 2.24) is 0 Å². The Bertz CT molecular complexity index is 1410. The van der Waals surface area contributed by atoms with Gasteiger partial charge in [0.2, 0.25) is 0 Å². The summed E-state index contributed by atoms with van der Waals surface area (Å²) >= 11 is 28.0. The first kappa shape index (κ1) is 29.4. The van der Waals surface area contributed by atoms with Crippen LogP contribution < -0.4 is 0 Å². The lowest BCUT2D eigenvalue weighted by Crippen LogP contribution is -1.88. The Kier molecular flexibility index (Phi) is 9.87. The van der Waals surface area contributed by atoms with Crippen molar-refractivity contribution in [3.63, 3.8) is 0 Å². The van der Waals surface area contributed by atoms with Crippen molar-refractivity contribution in [2.24, 2.45) is 0 Å². The van der Waals surface area contributed by atoms with E-state index >= 15 is 0 Å². The third-order valence-corrected chi connectivity index (χ3v) is 24.9. The second kappa shape index (κ2) is 13.4. The third kappa shape index (κ3) is 6.48. The minimum Gasteiger partial charge on any atom is -0.136 e. The molecule has 14 heteroatoms. The van der Waals surface area contributed by atoms with Gasteiger partial charge >= 0.3 is 0 Å². The maximum atomic E-state index is 2.42. The lowest BCUT2D eigenvalue weighted by atomic mass is 10.2. The van der Waals surface area contributed by atoms with Gasteiger partial charge in [-0.25, -0.2) is 0 Å². The lowest BCUT2D eigenvalue weighted by molar-refractivity contribution is 1.56. The summed E-state index contributed by atoms with van der Waals surface area (Å²) in [6, 6.07) is 9.40. The Morgan fingerprint density at radius 3 is 1.18 bits per heavy atom.